The minimum Gasteiger partial charge on any atom is -0.489 e. The highest BCUT2D eigenvalue weighted by Crippen LogP contribution is 2.45. The number of rotatable bonds is 8. The molecule has 2 aliphatic rings. The van der Waals surface area contributed by atoms with Crippen molar-refractivity contribution in [3.63, 3.8) is 0 Å². The normalized spacial score (nSPS) is 20.8. The molecule has 2 amide bonds. The van der Waals surface area contributed by atoms with Crippen molar-refractivity contribution in [3.8, 4) is 0 Å². The van der Waals surface area contributed by atoms with Gasteiger partial charge in [0.2, 0.25) is 11.7 Å². The molecule has 2 aromatic carbocycles. The van der Waals surface area contributed by atoms with E-state index in [1.807, 2.05) is 62.4 Å². The number of benzene rings is 2. The highest BCUT2D eigenvalue weighted by molar-refractivity contribution is 5.94. The van der Waals surface area contributed by atoms with E-state index in [1.54, 1.807) is 12.1 Å². The highest BCUT2D eigenvalue weighted by atomic mass is 16.8. The fraction of sp³-hybridized carbons (Fsp3) is 0.360. The van der Waals surface area contributed by atoms with Gasteiger partial charge in [0.25, 0.3) is 5.91 Å². The lowest BCUT2D eigenvalue weighted by Crippen LogP contribution is -2.46. The molecule has 0 bridgehead atoms. The monoisotopic (exact) mass is 436 g/mol. The van der Waals surface area contributed by atoms with E-state index in [0.29, 0.717) is 29.9 Å². The van der Waals surface area contributed by atoms with Gasteiger partial charge >= 0.3 is 0 Å². The van der Waals surface area contributed by atoms with Crippen LogP contribution in [0.4, 0.5) is 0 Å². The number of ether oxygens (including phenoxy) is 3. The molecule has 4 rings (SSSR count). The molecule has 0 spiro atoms. The van der Waals surface area contributed by atoms with Crippen molar-refractivity contribution in [1.82, 2.24) is 10.6 Å². The van der Waals surface area contributed by atoms with Crippen LogP contribution >= 0.6 is 0 Å². The van der Waals surface area contributed by atoms with Gasteiger partial charge in [-0.25, -0.2) is 0 Å². The van der Waals surface area contributed by atoms with Crippen LogP contribution in [0.1, 0.15) is 36.2 Å². The van der Waals surface area contributed by atoms with Gasteiger partial charge in [0.15, 0.2) is 17.1 Å². The summed E-state index contributed by atoms with van der Waals surface area (Å²) in [6, 6.07) is 18.9. The molecule has 0 radical (unpaired) electrons. The number of aryl methyl sites for hydroxylation is 1. The molecule has 1 fully saturated rings. The number of carbonyl (C=O) groups is 2. The fourth-order valence-corrected chi connectivity index (χ4v) is 3.93. The third-order valence-corrected chi connectivity index (χ3v) is 5.44. The molecule has 0 aromatic heterocycles. The quantitative estimate of drug-likeness (QED) is 0.665. The number of fused-ring (bicyclic) bond motifs is 1. The van der Waals surface area contributed by atoms with Crippen LogP contribution in [-0.2, 0) is 25.4 Å². The zero-order chi connectivity index (χ0) is 22.6. The summed E-state index contributed by atoms with van der Waals surface area (Å²) in [7, 11) is 0. The smallest absolute Gasteiger partial charge is 0.251 e. The van der Waals surface area contributed by atoms with Gasteiger partial charge in [-0.3, -0.25) is 9.59 Å². The Morgan fingerprint density at radius 2 is 1.66 bits per heavy atom. The average Bonchev–Trinajstić information content (AvgIpc) is 3.26. The Morgan fingerprint density at radius 1 is 0.969 bits per heavy atom. The summed E-state index contributed by atoms with van der Waals surface area (Å²) < 4.78 is 18.0. The van der Waals surface area contributed by atoms with Crippen molar-refractivity contribution in [2.24, 2.45) is 0 Å². The average molecular weight is 437 g/mol. The van der Waals surface area contributed by atoms with Crippen molar-refractivity contribution in [3.05, 3.63) is 83.3 Å². The van der Waals surface area contributed by atoms with Crippen LogP contribution < -0.4 is 10.6 Å². The van der Waals surface area contributed by atoms with Gasteiger partial charge in [0.05, 0.1) is 13.1 Å². The SMILES string of the molecule is CC1(C)OC2=C(CNC(=O)CCc3ccccc3)OC[C@]2(CNC(=O)c2ccccc2)O1. The molecule has 0 saturated carbocycles. The second-order valence-corrected chi connectivity index (χ2v) is 8.45. The molecule has 2 aromatic rings. The van der Waals surface area contributed by atoms with Gasteiger partial charge in [0.1, 0.15) is 6.61 Å². The van der Waals surface area contributed by atoms with E-state index in [2.05, 4.69) is 10.6 Å². The van der Waals surface area contributed by atoms with Crippen LogP contribution in [0, 0.1) is 0 Å². The molecule has 0 aliphatic carbocycles. The molecule has 2 aliphatic heterocycles. The minimum atomic E-state index is -0.919. The fourth-order valence-electron chi connectivity index (χ4n) is 3.93. The van der Waals surface area contributed by atoms with Gasteiger partial charge in [-0.15, -0.1) is 0 Å². The zero-order valence-corrected chi connectivity index (χ0v) is 18.4. The summed E-state index contributed by atoms with van der Waals surface area (Å²) in [5.41, 5.74) is 0.763. The molecule has 32 heavy (non-hydrogen) atoms. The Morgan fingerprint density at radius 3 is 2.38 bits per heavy atom. The maximum atomic E-state index is 12.5. The molecule has 1 saturated heterocycles. The van der Waals surface area contributed by atoms with Gasteiger partial charge < -0.3 is 24.8 Å². The lowest BCUT2D eigenvalue weighted by Gasteiger charge is -2.25. The summed E-state index contributed by atoms with van der Waals surface area (Å²) in [6.45, 7) is 4.24. The number of carbonyl (C=O) groups excluding carboxylic acids is 2. The molecule has 2 N–H and O–H groups in total. The minimum absolute atomic E-state index is 0.0707. The molecule has 0 unspecified atom stereocenters. The van der Waals surface area contributed by atoms with Gasteiger partial charge in [0, 0.05) is 25.8 Å². The van der Waals surface area contributed by atoms with Gasteiger partial charge in [-0.2, -0.15) is 0 Å². The first-order chi connectivity index (χ1) is 15.4. The Balaban J connectivity index is 1.38. The Kier molecular flexibility index (Phi) is 6.19. The van der Waals surface area contributed by atoms with Crippen LogP contribution in [-0.4, -0.2) is 42.9 Å². The summed E-state index contributed by atoms with van der Waals surface area (Å²) in [4.78, 5) is 24.8. The van der Waals surface area contributed by atoms with Crippen molar-refractivity contribution in [1.29, 1.82) is 0 Å². The van der Waals surface area contributed by atoms with E-state index >= 15 is 0 Å². The maximum absolute atomic E-state index is 12.5. The molecular weight excluding hydrogens is 408 g/mol. The molecular formula is C25H28N2O5. The zero-order valence-electron chi connectivity index (χ0n) is 18.4. The van der Waals surface area contributed by atoms with Crippen molar-refractivity contribution in [2.75, 3.05) is 19.7 Å². The molecule has 7 heteroatoms. The summed E-state index contributed by atoms with van der Waals surface area (Å²) in [6.07, 6.45) is 1.05. The Labute approximate surface area is 187 Å². The lowest BCUT2D eigenvalue weighted by atomic mass is 10.0. The molecule has 1 atom stereocenters. The second-order valence-electron chi connectivity index (χ2n) is 8.45. The van der Waals surface area contributed by atoms with Crippen LogP contribution in [0.2, 0.25) is 0 Å². The van der Waals surface area contributed by atoms with Crippen molar-refractivity contribution < 1.29 is 23.8 Å². The lowest BCUT2D eigenvalue weighted by molar-refractivity contribution is -0.170. The summed E-state index contributed by atoms with van der Waals surface area (Å²) in [5.74, 6) is -0.0789. The van der Waals surface area contributed by atoms with Crippen LogP contribution in [0.3, 0.4) is 0 Å². The summed E-state index contributed by atoms with van der Waals surface area (Å²) >= 11 is 0. The van der Waals surface area contributed by atoms with Crippen molar-refractivity contribution in [2.45, 2.75) is 38.1 Å². The van der Waals surface area contributed by atoms with Crippen LogP contribution in [0.5, 0.6) is 0 Å². The molecule has 7 nitrogen and oxygen atoms in total. The summed E-state index contributed by atoms with van der Waals surface area (Å²) in [5, 5.41) is 5.82. The third-order valence-electron chi connectivity index (χ3n) is 5.44. The van der Waals surface area contributed by atoms with E-state index < -0.39 is 11.4 Å². The standard InChI is InChI=1S/C25H28N2O5/c1-24(2)31-22-20(15-26-21(28)14-13-18-9-5-3-6-10-18)30-17-25(22,32-24)16-27-23(29)19-11-7-4-8-12-19/h3-12H,13-17H2,1-2H3,(H,26,28)(H,27,29)/t25-/m0/s1. The Bertz CT molecular complexity index is 1000. The predicted molar refractivity (Wildman–Crippen MR) is 119 cm³/mol. The largest absolute Gasteiger partial charge is 0.489 e. The number of amides is 2. The first kappa shape index (κ1) is 21.9. The van der Waals surface area contributed by atoms with Crippen LogP contribution in [0.25, 0.3) is 0 Å². The Hall–Kier alpha value is -3.32. The molecule has 2 heterocycles. The highest BCUT2D eigenvalue weighted by Gasteiger charge is 2.56. The van der Waals surface area contributed by atoms with E-state index in [-0.39, 0.29) is 31.5 Å². The van der Waals surface area contributed by atoms with Gasteiger partial charge in [-0.1, -0.05) is 48.5 Å². The van der Waals surface area contributed by atoms with E-state index in [4.69, 9.17) is 14.2 Å². The third kappa shape index (κ3) is 4.94. The van der Waals surface area contributed by atoms with Crippen molar-refractivity contribution >= 4 is 11.8 Å². The second kappa shape index (κ2) is 9.04. The first-order valence-corrected chi connectivity index (χ1v) is 10.8. The number of nitrogens with one attached hydrogen (secondary N) is 2. The van der Waals surface area contributed by atoms with Gasteiger partial charge in [-0.05, 0) is 24.1 Å². The number of hydrogen-bond donors (Lipinski definition) is 2. The topological polar surface area (TPSA) is 85.9 Å². The molecule has 168 valence electrons. The maximum Gasteiger partial charge on any atom is 0.251 e. The predicted octanol–water partition coefficient (Wildman–Crippen LogP) is 2.93. The van der Waals surface area contributed by atoms with Crippen LogP contribution in [0.15, 0.2) is 72.2 Å². The first-order valence-electron chi connectivity index (χ1n) is 10.8. The van der Waals surface area contributed by atoms with E-state index in [1.165, 1.54) is 0 Å². The van der Waals surface area contributed by atoms with E-state index in [9.17, 15) is 9.59 Å². The van der Waals surface area contributed by atoms with E-state index in [0.717, 1.165) is 5.56 Å². The number of hydrogen-bond acceptors (Lipinski definition) is 5.